The Morgan fingerprint density at radius 3 is 2.44 bits per heavy atom. The van der Waals surface area contributed by atoms with E-state index in [4.69, 9.17) is 18.9 Å². The zero-order valence-corrected chi connectivity index (χ0v) is 19.6. The Kier molecular flexibility index (Phi) is 4.99. The molecule has 8 atom stereocenters. The van der Waals surface area contributed by atoms with Gasteiger partial charge in [-0.2, -0.15) is 0 Å². The molecule has 4 fully saturated rings. The average Bonchev–Trinajstić information content (AvgIpc) is 3.49. The largest absolute Gasteiger partial charge is 0.462 e. The van der Waals surface area contributed by atoms with Crippen LogP contribution in [-0.2, 0) is 28.5 Å². The Hall–Kier alpha value is -1.92. The highest BCUT2D eigenvalue weighted by Crippen LogP contribution is 2.66. The van der Waals surface area contributed by atoms with Crippen molar-refractivity contribution in [1.82, 2.24) is 0 Å². The number of carbonyl (C=O) groups is 2. The van der Waals surface area contributed by atoms with Crippen molar-refractivity contribution in [2.24, 2.45) is 17.3 Å². The van der Waals surface area contributed by atoms with Crippen LogP contribution >= 0.6 is 0 Å². The van der Waals surface area contributed by atoms with Crippen LogP contribution < -0.4 is 0 Å². The summed E-state index contributed by atoms with van der Waals surface area (Å²) < 4.78 is 24.7. The van der Waals surface area contributed by atoms with E-state index < -0.39 is 23.2 Å². The summed E-state index contributed by atoms with van der Waals surface area (Å²) in [5, 5.41) is 0. The van der Waals surface area contributed by atoms with Crippen LogP contribution in [0.5, 0.6) is 0 Å². The van der Waals surface area contributed by atoms with Gasteiger partial charge in [0.25, 0.3) is 0 Å². The van der Waals surface area contributed by atoms with Crippen molar-refractivity contribution < 1.29 is 28.5 Å². The summed E-state index contributed by atoms with van der Waals surface area (Å²) in [5.74, 6) is -0.0875. The molecule has 6 heteroatoms. The van der Waals surface area contributed by atoms with Gasteiger partial charge < -0.3 is 18.9 Å². The van der Waals surface area contributed by atoms with E-state index >= 15 is 0 Å². The first-order valence-electron chi connectivity index (χ1n) is 11.9. The molecular formula is C26H34O6. The first kappa shape index (κ1) is 21.9. The quantitative estimate of drug-likeness (QED) is 0.509. The molecule has 1 aromatic carbocycles. The number of esters is 2. The molecule has 2 heterocycles. The highest BCUT2D eigenvalue weighted by Gasteiger charge is 2.73. The van der Waals surface area contributed by atoms with Gasteiger partial charge in [0.2, 0.25) is 0 Å². The van der Waals surface area contributed by atoms with Gasteiger partial charge in [0.1, 0.15) is 18.3 Å². The maximum Gasteiger partial charge on any atom is 0.338 e. The second kappa shape index (κ2) is 7.29. The highest BCUT2D eigenvalue weighted by molar-refractivity contribution is 5.78. The molecule has 2 saturated carbocycles. The predicted octanol–water partition coefficient (Wildman–Crippen LogP) is 4.36. The average molecular weight is 443 g/mol. The monoisotopic (exact) mass is 442 g/mol. The highest BCUT2D eigenvalue weighted by atomic mass is 16.6. The van der Waals surface area contributed by atoms with Crippen molar-refractivity contribution in [2.75, 3.05) is 0 Å². The van der Waals surface area contributed by atoms with Gasteiger partial charge in [-0.05, 0) is 63.9 Å². The summed E-state index contributed by atoms with van der Waals surface area (Å²) in [4.78, 5) is 25.2. The maximum atomic E-state index is 13.2. The number of benzene rings is 1. The molecular weight excluding hydrogens is 408 g/mol. The lowest BCUT2D eigenvalue weighted by Crippen LogP contribution is -2.68. The number of hydrogen-bond acceptors (Lipinski definition) is 6. The fourth-order valence-electron chi connectivity index (χ4n) is 6.87. The van der Waals surface area contributed by atoms with E-state index in [1.165, 1.54) is 6.92 Å². The number of epoxide rings is 1. The molecule has 1 spiro atoms. The smallest absolute Gasteiger partial charge is 0.338 e. The Labute approximate surface area is 189 Å². The van der Waals surface area contributed by atoms with Crippen LogP contribution in [0.4, 0.5) is 0 Å². The molecule has 0 N–H and O–H groups in total. The number of rotatable bonds is 4. The van der Waals surface area contributed by atoms with Crippen molar-refractivity contribution in [3.05, 3.63) is 35.9 Å². The molecule has 4 aliphatic rings. The van der Waals surface area contributed by atoms with E-state index in [-0.39, 0.29) is 41.6 Å². The summed E-state index contributed by atoms with van der Waals surface area (Å²) in [7, 11) is 0. The van der Waals surface area contributed by atoms with Gasteiger partial charge in [-0.15, -0.1) is 0 Å². The molecule has 32 heavy (non-hydrogen) atoms. The van der Waals surface area contributed by atoms with E-state index in [0.29, 0.717) is 6.42 Å². The maximum absolute atomic E-state index is 13.2. The third-order valence-electron chi connectivity index (χ3n) is 8.80. The Bertz CT molecular complexity index is 912. The lowest BCUT2D eigenvalue weighted by atomic mass is 9.50. The van der Waals surface area contributed by atoms with E-state index in [0.717, 1.165) is 24.8 Å². The lowest BCUT2D eigenvalue weighted by molar-refractivity contribution is -0.263. The van der Waals surface area contributed by atoms with Crippen LogP contribution in [0, 0.1) is 17.3 Å². The molecule has 2 bridgehead atoms. The zero-order chi connectivity index (χ0) is 22.9. The van der Waals surface area contributed by atoms with Crippen LogP contribution in [0.1, 0.15) is 72.0 Å². The lowest BCUT2D eigenvalue weighted by Gasteiger charge is -2.60. The van der Waals surface area contributed by atoms with Gasteiger partial charge in [0.15, 0.2) is 6.10 Å². The zero-order valence-electron chi connectivity index (χ0n) is 19.6. The number of hydrogen-bond donors (Lipinski definition) is 0. The minimum absolute atomic E-state index is 0.256. The molecule has 2 aliphatic heterocycles. The Morgan fingerprint density at radius 2 is 1.75 bits per heavy atom. The van der Waals surface area contributed by atoms with Crippen molar-refractivity contribution in [2.45, 2.75) is 95.9 Å². The molecule has 6 nitrogen and oxygen atoms in total. The van der Waals surface area contributed by atoms with E-state index in [1.807, 2.05) is 30.3 Å². The van der Waals surface area contributed by atoms with Gasteiger partial charge in [-0.25, -0.2) is 4.79 Å². The fourth-order valence-corrected chi connectivity index (χ4v) is 6.87. The van der Waals surface area contributed by atoms with E-state index in [1.54, 1.807) is 0 Å². The number of ether oxygens (including phenoxy) is 4. The molecule has 174 valence electrons. The van der Waals surface area contributed by atoms with Crippen molar-refractivity contribution in [3.63, 3.8) is 0 Å². The molecule has 5 rings (SSSR count). The van der Waals surface area contributed by atoms with Crippen LogP contribution in [-0.4, -0.2) is 41.5 Å². The van der Waals surface area contributed by atoms with Crippen molar-refractivity contribution in [1.29, 1.82) is 0 Å². The van der Waals surface area contributed by atoms with Crippen LogP contribution in [0.2, 0.25) is 0 Å². The summed E-state index contributed by atoms with van der Waals surface area (Å²) in [6, 6.07) is 9.75. The summed E-state index contributed by atoms with van der Waals surface area (Å²) in [6.45, 7) is 10.0. The molecule has 1 aromatic rings. The first-order valence-corrected chi connectivity index (χ1v) is 11.9. The summed E-state index contributed by atoms with van der Waals surface area (Å²) in [6.07, 6.45) is 1.66. The predicted molar refractivity (Wildman–Crippen MR) is 117 cm³/mol. The van der Waals surface area contributed by atoms with Gasteiger partial charge in [0.05, 0.1) is 16.6 Å². The normalized spacial score (nSPS) is 43.8. The van der Waals surface area contributed by atoms with Crippen molar-refractivity contribution in [3.8, 4) is 0 Å². The molecule has 0 aromatic heterocycles. The van der Waals surface area contributed by atoms with Gasteiger partial charge in [-0.3, -0.25) is 4.79 Å². The molecule has 0 unspecified atom stereocenters. The SMILES string of the molecule is CC(=O)O[C@H]1CC[C@@H](C)[C@@]23C[C@@H](C[C@H](OC(=O)[C@H]4O[C@H]4c4ccccc4)[C@]12C)C(C)(C)O3. The molecule has 0 radical (unpaired) electrons. The van der Waals surface area contributed by atoms with Gasteiger partial charge in [0, 0.05) is 6.92 Å². The Balaban J connectivity index is 1.44. The topological polar surface area (TPSA) is 74.4 Å². The third kappa shape index (κ3) is 3.13. The van der Waals surface area contributed by atoms with E-state index in [9.17, 15) is 9.59 Å². The van der Waals surface area contributed by atoms with Crippen molar-refractivity contribution >= 4 is 11.9 Å². The third-order valence-corrected chi connectivity index (χ3v) is 8.80. The minimum atomic E-state index is -0.618. The molecule has 2 saturated heterocycles. The van der Waals surface area contributed by atoms with Crippen LogP contribution in [0.15, 0.2) is 30.3 Å². The van der Waals surface area contributed by atoms with Crippen LogP contribution in [0.3, 0.4) is 0 Å². The standard InChI is InChI=1S/C26H34O6/c1-15-11-12-19(29-16(2)27)25(5)20(13-18-14-26(15,25)32-24(18,3)4)30-23(28)22-21(31-22)17-9-7-6-8-10-17/h6-10,15,18-22H,11-14H2,1-5H3/t15-,18-,19+,20+,21+,22+,25+,26+/m1/s1. The fraction of sp³-hybridized carbons (Fsp3) is 0.692. The summed E-state index contributed by atoms with van der Waals surface area (Å²) in [5.41, 5.74) is -0.453. The second-order valence-electron chi connectivity index (χ2n) is 10.9. The minimum Gasteiger partial charge on any atom is -0.462 e. The number of fused-ring (bicyclic) bond motifs is 1. The summed E-state index contributed by atoms with van der Waals surface area (Å²) >= 11 is 0. The van der Waals surface area contributed by atoms with Gasteiger partial charge >= 0.3 is 11.9 Å². The van der Waals surface area contributed by atoms with Crippen LogP contribution in [0.25, 0.3) is 0 Å². The van der Waals surface area contributed by atoms with E-state index in [2.05, 4.69) is 27.7 Å². The molecule has 0 amide bonds. The second-order valence-corrected chi connectivity index (χ2v) is 10.9. The Morgan fingerprint density at radius 1 is 1.03 bits per heavy atom. The number of carbonyl (C=O) groups excluding carboxylic acids is 2. The van der Waals surface area contributed by atoms with Gasteiger partial charge in [-0.1, -0.05) is 37.3 Å². The molecule has 2 aliphatic carbocycles. The first-order chi connectivity index (χ1) is 15.1.